The highest BCUT2D eigenvalue weighted by Crippen LogP contribution is 2.37. The number of nitrogens with zero attached hydrogens (tertiary/aromatic N) is 1. The number of primary amides is 1. The molecule has 3 amide bonds. The molecular formula is C20H22FN3O4S2. The van der Waals surface area contributed by atoms with Gasteiger partial charge in [-0.15, -0.1) is 23.1 Å². The van der Waals surface area contributed by atoms with Gasteiger partial charge in [0.2, 0.25) is 5.91 Å². The molecule has 2 aromatic rings. The second kappa shape index (κ2) is 9.94. The summed E-state index contributed by atoms with van der Waals surface area (Å²) < 4.78 is 18.0. The quantitative estimate of drug-likeness (QED) is 0.626. The van der Waals surface area contributed by atoms with Gasteiger partial charge in [0.1, 0.15) is 10.8 Å². The number of benzene rings is 1. The molecule has 10 heteroatoms. The van der Waals surface area contributed by atoms with Crippen LogP contribution in [0.4, 0.5) is 14.2 Å². The summed E-state index contributed by atoms with van der Waals surface area (Å²) in [5.41, 5.74) is 6.66. The highest BCUT2D eigenvalue weighted by atomic mass is 32.2. The van der Waals surface area contributed by atoms with E-state index < -0.39 is 12.0 Å². The number of ether oxygens (including phenoxy) is 1. The lowest BCUT2D eigenvalue weighted by atomic mass is 10.0. The maximum Gasteiger partial charge on any atom is 0.410 e. The van der Waals surface area contributed by atoms with Crippen molar-refractivity contribution in [1.29, 1.82) is 0 Å². The van der Waals surface area contributed by atoms with Crippen molar-refractivity contribution in [2.75, 3.05) is 24.2 Å². The molecule has 2 heterocycles. The predicted octanol–water partition coefficient (Wildman–Crippen LogP) is 3.62. The molecule has 1 aliphatic heterocycles. The molecule has 0 aliphatic carbocycles. The molecule has 3 N–H and O–H groups in total. The average molecular weight is 452 g/mol. The van der Waals surface area contributed by atoms with Gasteiger partial charge in [0, 0.05) is 28.5 Å². The summed E-state index contributed by atoms with van der Waals surface area (Å²) in [6.07, 6.45) is 0.289. The lowest BCUT2D eigenvalue weighted by Crippen LogP contribution is -2.36. The Balaban J connectivity index is 1.64. The summed E-state index contributed by atoms with van der Waals surface area (Å²) in [5, 5.41) is 3.20. The van der Waals surface area contributed by atoms with Crippen LogP contribution in [0.5, 0.6) is 0 Å². The van der Waals surface area contributed by atoms with Gasteiger partial charge in [-0.3, -0.25) is 9.59 Å². The summed E-state index contributed by atoms with van der Waals surface area (Å²) in [4.78, 5) is 39.6. The summed E-state index contributed by atoms with van der Waals surface area (Å²) >= 11 is 2.70. The van der Waals surface area contributed by atoms with Crippen LogP contribution in [0.25, 0.3) is 0 Å². The second-order valence-electron chi connectivity index (χ2n) is 6.54. The Bertz CT molecular complexity index is 946. The first-order valence-electron chi connectivity index (χ1n) is 9.43. The number of hydrogen-bond donors (Lipinski definition) is 2. The van der Waals surface area contributed by atoms with Crippen LogP contribution < -0.4 is 11.1 Å². The Morgan fingerprint density at radius 3 is 2.70 bits per heavy atom. The predicted molar refractivity (Wildman–Crippen MR) is 114 cm³/mol. The van der Waals surface area contributed by atoms with Crippen LogP contribution >= 0.6 is 23.1 Å². The largest absolute Gasteiger partial charge is 0.450 e. The van der Waals surface area contributed by atoms with Gasteiger partial charge < -0.3 is 20.7 Å². The first-order chi connectivity index (χ1) is 14.4. The van der Waals surface area contributed by atoms with E-state index in [9.17, 15) is 18.8 Å². The van der Waals surface area contributed by atoms with Gasteiger partial charge >= 0.3 is 6.09 Å². The number of fused-ring (bicyclic) bond motifs is 1. The molecule has 0 fully saturated rings. The number of anilines is 1. The molecule has 0 unspecified atom stereocenters. The van der Waals surface area contributed by atoms with Crippen molar-refractivity contribution < 1.29 is 23.5 Å². The standard InChI is InChI=1S/C20H22FN3O4S2/c1-2-28-20(27)24-9-7-14-15(11-24)30-19(17(14)18(22)26)23-16(25)8-10-29-13-5-3-12(21)4-6-13/h3-6H,2,7-11H2,1H3,(H2,22,26)(H,23,25). The smallest absolute Gasteiger partial charge is 0.410 e. The molecular weight excluding hydrogens is 429 g/mol. The fourth-order valence-corrected chi connectivity index (χ4v) is 5.24. The topological polar surface area (TPSA) is 102 Å². The van der Waals surface area contributed by atoms with Gasteiger partial charge in [-0.25, -0.2) is 9.18 Å². The number of nitrogens with one attached hydrogen (secondary N) is 1. The van der Waals surface area contributed by atoms with Crippen molar-refractivity contribution in [3.8, 4) is 0 Å². The highest BCUT2D eigenvalue weighted by Gasteiger charge is 2.29. The maximum atomic E-state index is 12.9. The maximum absolute atomic E-state index is 12.9. The van der Waals surface area contributed by atoms with Gasteiger partial charge in [0.05, 0.1) is 18.7 Å². The lowest BCUT2D eigenvalue weighted by molar-refractivity contribution is -0.115. The summed E-state index contributed by atoms with van der Waals surface area (Å²) in [6, 6.07) is 6.06. The van der Waals surface area contributed by atoms with E-state index in [0.29, 0.717) is 35.8 Å². The van der Waals surface area contributed by atoms with E-state index in [1.165, 1.54) is 35.2 Å². The van der Waals surface area contributed by atoms with Gasteiger partial charge in [0.25, 0.3) is 5.91 Å². The first-order valence-corrected chi connectivity index (χ1v) is 11.2. The van der Waals surface area contributed by atoms with Gasteiger partial charge in [-0.1, -0.05) is 0 Å². The van der Waals surface area contributed by atoms with Crippen molar-refractivity contribution in [3.05, 3.63) is 46.1 Å². The van der Waals surface area contributed by atoms with E-state index in [0.717, 1.165) is 15.3 Å². The third kappa shape index (κ3) is 5.31. The highest BCUT2D eigenvalue weighted by molar-refractivity contribution is 7.99. The van der Waals surface area contributed by atoms with Crippen LogP contribution in [0.2, 0.25) is 0 Å². The third-order valence-corrected chi connectivity index (χ3v) is 6.64. The number of thioether (sulfide) groups is 1. The normalized spacial score (nSPS) is 12.9. The van der Waals surface area contributed by atoms with Crippen LogP contribution in [0.3, 0.4) is 0 Å². The first kappa shape index (κ1) is 22.1. The van der Waals surface area contributed by atoms with E-state index in [1.807, 2.05) is 0 Å². The van der Waals surface area contributed by atoms with Crippen LogP contribution in [0.1, 0.15) is 34.1 Å². The van der Waals surface area contributed by atoms with E-state index in [1.54, 1.807) is 24.0 Å². The van der Waals surface area contributed by atoms with Gasteiger partial charge in [-0.2, -0.15) is 0 Å². The van der Waals surface area contributed by atoms with Crippen LogP contribution in [-0.2, 0) is 22.5 Å². The minimum atomic E-state index is -0.604. The number of amides is 3. The van der Waals surface area contributed by atoms with E-state index in [4.69, 9.17) is 10.5 Å². The molecule has 3 rings (SSSR count). The summed E-state index contributed by atoms with van der Waals surface area (Å²) in [7, 11) is 0. The van der Waals surface area contributed by atoms with E-state index in [-0.39, 0.29) is 24.8 Å². The van der Waals surface area contributed by atoms with Crippen molar-refractivity contribution in [2.24, 2.45) is 5.73 Å². The Morgan fingerprint density at radius 1 is 1.30 bits per heavy atom. The molecule has 160 valence electrons. The van der Waals surface area contributed by atoms with Crippen molar-refractivity contribution in [1.82, 2.24) is 4.90 Å². The molecule has 7 nitrogen and oxygen atoms in total. The van der Waals surface area contributed by atoms with Gasteiger partial charge in [0.15, 0.2) is 0 Å². The number of hydrogen-bond acceptors (Lipinski definition) is 6. The number of thiophene rings is 1. The van der Waals surface area contributed by atoms with Crippen LogP contribution in [0, 0.1) is 5.82 Å². The van der Waals surface area contributed by atoms with Crippen molar-refractivity contribution in [3.63, 3.8) is 0 Å². The fourth-order valence-electron chi connectivity index (χ4n) is 3.10. The number of nitrogens with two attached hydrogens (primary N) is 1. The van der Waals surface area contributed by atoms with Crippen molar-refractivity contribution in [2.45, 2.75) is 31.2 Å². The average Bonchev–Trinajstić information content (AvgIpc) is 3.06. The van der Waals surface area contributed by atoms with E-state index in [2.05, 4.69) is 5.32 Å². The molecule has 1 aromatic heterocycles. The number of carbonyl (C=O) groups is 3. The zero-order chi connectivity index (χ0) is 21.7. The minimum Gasteiger partial charge on any atom is -0.450 e. The van der Waals surface area contributed by atoms with Gasteiger partial charge in [-0.05, 0) is 43.2 Å². The second-order valence-corrected chi connectivity index (χ2v) is 8.82. The molecule has 0 radical (unpaired) electrons. The molecule has 30 heavy (non-hydrogen) atoms. The Labute approximate surface area is 181 Å². The summed E-state index contributed by atoms with van der Waals surface area (Å²) in [5.74, 6) is -0.647. The van der Waals surface area contributed by atoms with E-state index >= 15 is 0 Å². The van der Waals surface area contributed by atoms with Crippen LogP contribution in [0.15, 0.2) is 29.2 Å². The Kier molecular flexibility index (Phi) is 7.33. The zero-order valence-corrected chi connectivity index (χ0v) is 18.0. The number of halogens is 1. The molecule has 0 saturated carbocycles. The molecule has 0 atom stereocenters. The minimum absolute atomic E-state index is 0.220. The monoisotopic (exact) mass is 451 g/mol. The SMILES string of the molecule is CCOC(=O)N1CCc2c(sc(NC(=O)CCSc3ccc(F)cc3)c2C(N)=O)C1. The molecule has 0 spiro atoms. The molecule has 1 aromatic carbocycles. The number of carbonyl (C=O) groups excluding carboxylic acids is 3. The Hall–Kier alpha value is -2.59. The Morgan fingerprint density at radius 2 is 2.03 bits per heavy atom. The molecule has 0 bridgehead atoms. The third-order valence-electron chi connectivity index (χ3n) is 4.49. The molecule has 0 saturated heterocycles. The lowest BCUT2D eigenvalue weighted by Gasteiger charge is -2.26. The summed E-state index contributed by atoms with van der Waals surface area (Å²) in [6.45, 7) is 2.77. The van der Waals surface area contributed by atoms with Crippen LogP contribution in [-0.4, -0.2) is 41.7 Å². The van der Waals surface area contributed by atoms with Crippen molar-refractivity contribution >= 4 is 46.0 Å². The fraction of sp³-hybridized carbons (Fsp3) is 0.350. The molecule has 1 aliphatic rings. The number of rotatable bonds is 7. The zero-order valence-electron chi connectivity index (χ0n) is 16.4.